The molecule has 1 aromatic heterocycles. The highest BCUT2D eigenvalue weighted by Gasteiger charge is 2.36. The number of aromatic hydroxyl groups is 1. The first-order valence-electron chi connectivity index (χ1n) is 7.01. The highest BCUT2D eigenvalue weighted by molar-refractivity contribution is 6.56. The van der Waals surface area contributed by atoms with E-state index in [1.54, 1.807) is 24.3 Å². The number of halogens is 3. The van der Waals surface area contributed by atoms with Crippen molar-refractivity contribution in [2.24, 2.45) is 4.99 Å². The summed E-state index contributed by atoms with van der Waals surface area (Å²) in [6.07, 6.45) is -4.58. The molecule has 1 aliphatic rings. The van der Waals surface area contributed by atoms with Crippen molar-refractivity contribution < 1.29 is 23.1 Å². The number of carbonyl (C=O) groups is 1. The Kier molecular flexibility index (Phi) is 2.84. The van der Waals surface area contributed by atoms with Crippen LogP contribution in [0, 0.1) is 0 Å². The summed E-state index contributed by atoms with van der Waals surface area (Å²) in [5.74, 6) is -0.944. The van der Waals surface area contributed by atoms with Gasteiger partial charge in [0.2, 0.25) is 5.78 Å². The number of Topliss-reactive ketones (excluding diaryl/α,β-unsaturated/α-hetero) is 1. The number of ketones is 1. The van der Waals surface area contributed by atoms with Crippen LogP contribution in [0.1, 0.15) is 21.5 Å². The van der Waals surface area contributed by atoms with Gasteiger partial charge in [-0.25, -0.2) is 4.99 Å². The summed E-state index contributed by atoms with van der Waals surface area (Å²) in [5, 5.41) is 10.2. The zero-order valence-electron chi connectivity index (χ0n) is 12.0. The van der Waals surface area contributed by atoms with Gasteiger partial charge in [-0.15, -0.1) is 0 Å². The Balaban J connectivity index is 1.97. The number of fused-ring (bicyclic) bond motifs is 2. The first-order valence-corrected chi connectivity index (χ1v) is 7.01. The molecule has 3 aromatic rings. The Morgan fingerprint density at radius 2 is 1.79 bits per heavy atom. The van der Waals surface area contributed by atoms with Crippen LogP contribution in [0.3, 0.4) is 0 Å². The van der Waals surface area contributed by atoms with Crippen LogP contribution in [0.15, 0.2) is 47.5 Å². The molecular weight excluding hydrogens is 321 g/mol. The van der Waals surface area contributed by atoms with Gasteiger partial charge >= 0.3 is 6.18 Å². The van der Waals surface area contributed by atoms with Gasteiger partial charge in [0.15, 0.2) is 5.88 Å². The predicted molar refractivity (Wildman–Crippen MR) is 81.9 cm³/mol. The van der Waals surface area contributed by atoms with E-state index < -0.39 is 23.4 Å². The van der Waals surface area contributed by atoms with Crippen LogP contribution in [0.4, 0.5) is 18.9 Å². The van der Waals surface area contributed by atoms with Crippen molar-refractivity contribution in [1.82, 2.24) is 4.98 Å². The number of carbonyl (C=O) groups excluding carboxylic acids is 1. The Bertz CT molecular complexity index is 1030. The van der Waals surface area contributed by atoms with E-state index in [1.807, 2.05) is 0 Å². The SMILES string of the molecule is O=C1C(c2c(O)[nH]c3c(C(F)(F)F)cccc23)=Nc2ccccc21. The molecule has 2 N–H and O–H groups in total. The minimum atomic E-state index is -4.58. The molecule has 0 bridgehead atoms. The van der Waals surface area contributed by atoms with Crippen molar-refractivity contribution in [3.8, 4) is 5.88 Å². The van der Waals surface area contributed by atoms with Gasteiger partial charge < -0.3 is 10.1 Å². The van der Waals surface area contributed by atoms with Crippen molar-refractivity contribution in [2.75, 3.05) is 0 Å². The number of benzene rings is 2. The van der Waals surface area contributed by atoms with E-state index in [0.717, 1.165) is 6.07 Å². The van der Waals surface area contributed by atoms with Crippen molar-refractivity contribution in [1.29, 1.82) is 0 Å². The lowest BCUT2D eigenvalue weighted by molar-refractivity contribution is -0.136. The molecule has 0 saturated heterocycles. The number of alkyl halides is 3. The second-order valence-corrected chi connectivity index (χ2v) is 5.38. The fraction of sp³-hybridized carbons (Fsp3) is 0.0588. The van der Waals surface area contributed by atoms with E-state index >= 15 is 0 Å². The smallest absolute Gasteiger partial charge is 0.418 e. The Labute approximate surface area is 133 Å². The molecular formula is C17H9F3N2O2. The predicted octanol–water partition coefficient (Wildman–Crippen LogP) is 4.21. The molecule has 1 aliphatic heterocycles. The lowest BCUT2D eigenvalue weighted by Gasteiger charge is -2.07. The molecule has 4 nitrogen and oxygen atoms in total. The Morgan fingerprint density at radius 3 is 2.50 bits per heavy atom. The molecule has 120 valence electrons. The maximum absolute atomic E-state index is 13.1. The quantitative estimate of drug-likeness (QED) is 0.702. The van der Waals surface area contributed by atoms with Crippen LogP contribution < -0.4 is 0 Å². The molecule has 0 spiro atoms. The average Bonchev–Trinajstić information content (AvgIpc) is 3.03. The number of H-pyrrole nitrogens is 1. The van der Waals surface area contributed by atoms with Crippen LogP contribution in [0.2, 0.25) is 0 Å². The number of aromatic nitrogens is 1. The molecule has 0 atom stereocenters. The number of hydrogen-bond donors (Lipinski definition) is 2. The molecule has 0 fully saturated rings. The minimum absolute atomic E-state index is 0.0164. The van der Waals surface area contributed by atoms with E-state index in [1.165, 1.54) is 12.1 Å². The zero-order valence-corrected chi connectivity index (χ0v) is 12.0. The summed E-state index contributed by atoms with van der Waals surface area (Å²) in [6.45, 7) is 0. The molecule has 0 saturated carbocycles. The van der Waals surface area contributed by atoms with Gasteiger partial charge in [0.25, 0.3) is 0 Å². The standard InChI is InChI=1S/C17H9F3N2O2/c18-17(19,20)10-6-3-5-9-12(16(24)22-13(9)10)14-15(23)8-4-1-2-7-11(8)21-14/h1-7,22,24H. The topological polar surface area (TPSA) is 65.4 Å². The Morgan fingerprint density at radius 1 is 1.04 bits per heavy atom. The first kappa shape index (κ1) is 14.5. The number of para-hydroxylation sites is 2. The number of rotatable bonds is 1. The van der Waals surface area contributed by atoms with Crippen molar-refractivity contribution in [3.63, 3.8) is 0 Å². The minimum Gasteiger partial charge on any atom is -0.494 e. The first-order chi connectivity index (χ1) is 11.4. The van der Waals surface area contributed by atoms with Crippen LogP contribution in [0.25, 0.3) is 10.9 Å². The fourth-order valence-electron chi connectivity index (χ4n) is 2.91. The van der Waals surface area contributed by atoms with Gasteiger partial charge in [-0.2, -0.15) is 13.2 Å². The third-order valence-corrected chi connectivity index (χ3v) is 3.95. The summed E-state index contributed by atoms with van der Waals surface area (Å²) in [6, 6.07) is 10.1. The van der Waals surface area contributed by atoms with Crippen LogP contribution in [-0.4, -0.2) is 21.6 Å². The number of aromatic amines is 1. The van der Waals surface area contributed by atoms with Crippen LogP contribution in [-0.2, 0) is 6.18 Å². The molecule has 2 heterocycles. The third-order valence-electron chi connectivity index (χ3n) is 3.95. The van der Waals surface area contributed by atoms with Gasteiger partial charge in [0.1, 0.15) is 5.71 Å². The number of aliphatic imine (C=N–C) groups is 1. The maximum atomic E-state index is 13.1. The van der Waals surface area contributed by atoms with Crippen molar-refractivity contribution >= 4 is 28.1 Å². The molecule has 0 radical (unpaired) electrons. The van der Waals surface area contributed by atoms with E-state index in [0.29, 0.717) is 11.3 Å². The van der Waals surface area contributed by atoms with E-state index in [2.05, 4.69) is 9.98 Å². The summed E-state index contributed by atoms with van der Waals surface area (Å²) < 4.78 is 39.4. The molecule has 4 rings (SSSR count). The molecule has 0 amide bonds. The molecule has 24 heavy (non-hydrogen) atoms. The second kappa shape index (κ2) is 4.70. The fourth-order valence-corrected chi connectivity index (χ4v) is 2.91. The highest BCUT2D eigenvalue weighted by atomic mass is 19.4. The monoisotopic (exact) mass is 330 g/mol. The normalized spacial score (nSPS) is 14.1. The Hall–Kier alpha value is -3.09. The lowest BCUT2D eigenvalue weighted by atomic mass is 10.0. The molecule has 0 unspecified atom stereocenters. The van der Waals surface area contributed by atoms with Gasteiger partial charge in [-0.05, 0) is 18.2 Å². The highest BCUT2D eigenvalue weighted by Crippen LogP contribution is 2.40. The average molecular weight is 330 g/mol. The molecule has 7 heteroatoms. The summed E-state index contributed by atoms with van der Waals surface area (Å²) in [5.41, 5.74) is -0.489. The largest absolute Gasteiger partial charge is 0.494 e. The number of nitrogens with one attached hydrogen (secondary N) is 1. The third kappa shape index (κ3) is 1.94. The second-order valence-electron chi connectivity index (χ2n) is 5.38. The number of nitrogens with zero attached hydrogens (tertiary/aromatic N) is 1. The van der Waals surface area contributed by atoms with Crippen LogP contribution >= 0.6 is 0 Å². The van der Waals surface area contributed by atoms with Gasteiger partial charge in [0.05, 0.1) is 22.3 Å². The van der Waals surface area contributed by atoms with Crippen molar-refractivity contribution in [2.45, 2.75) is 6.18 Å². The van der Waals surface area contributed by atoms with Gasteiger partial charge in [-0.3, -0.25) is 4.79 Å². The van der Waals surface area contributed by atoms with E-state index in [9.17, 15) is 23.1 Å². The van der Waals surface area contributed by atoms with Crippen molar-refractivity contribution in [3.05, 3.63) is 59.2 Å². The van der Waals surface area contributed by atoms with E-state index in [4.69, 9.17) is 0 Å². The summed E-state index contributed by atoms with van der Waals surface area (Å²) in [4.78, 5) is 19.0. The maximum Gasteiger partial charge on any atom is 0.418 e. The van der Waals surface area contributed by atoms with Crippen LogP contribution in [0.5, 0.6) is 5.88 Å². The lowest BCUT2D eigenvalue weighted by Crippen LogP contribution is -2.11. The van der Waals surface area contributed by atoms with Gasteiger partial charge in [-0.1, -0.05) is 24.3 Å². The zero-order chi connectivity index (χ0) is 17.1. The molecule has 2 aromatic carbocycles. The van der Waals surface area contributed by atoms with Gasteiger partial charge in [0, 0.05) is 10.9 Å². The molecule has 0 aliphatic carbocycles. The van der Waals surface area contributed by atoms with E-state index in [-0.39, 0.29) is 22.2 Å². The number of hydrogen-bond acceptors (Lipinski definition) is 3. The summed E-state index contributed by atoms with van der Waals surface area (Å²) in [7, 11) is 0. The summed E-state index contributed by atoms with van der Waals surface area (Å²) >= 11 is 0.